The second-order valence-corrected chi connectivity index (χ2v) is 5.71. The molecular formula is C16H25N3O2. The zero-order valence-corrected chi connectivity index (χ0v) is 12.8. The van der Waals surface area contributed by atoms with E-state index in [0.717, 1.165) is 31.6 Å². The van der Waals surface area contributed by atoms with Crippen molar-refractivity contribution in [2.75, 3.05) is 20.2 Å². The van der Waals surface area contributed by atoms with Gasteiger partial charge < -0.3 is 4.74 Å². The highest BCUT2D eigenvalue weighted by molar-refractivity contribution is 5.82. The second kappa shape index (κ2) is 7.54. The van der Waals surface area contributed by atoms with Gasteiger partial charge in [-0.2, -0.15) is 0 Å². The largest absolute Gasteiger partial charge is 0.380 e. The molecule has 1 fully saturated rings. The van der Waals surface area contributed by atoms with E-state index >= 15 is 0 Å². The van der Waals surface area contributed by atoms with Gasteiger partial charge in [0.25, 0.3) is 0 Å². The maximum atomic E-state index is 11.5. The Labute approximate surface area is 126 Å². The number of nitrogens with one attached hydrogen (secondary N) is 1. The molecule has 1 aliphatic heterocycles. The molecule has 1 heterocycles. The lowest BCUT2D eigenvalue weighted by Gasteiger charge is -2.31. The molecule has 5 nitrogen and oxygen atoms in total. The van der Waals surface area contributed by atoms with Crippen LogP contribution < -0.4 is 11.3 Å². The molecule has 0 bridgehead atoms. The Morgan fingerprint density at radius 1 is 1.48 bits per heavy atom. The highest BCUT2D eigenvalue weighted by Gasteiger charge is 2.19. The smallest absolute Gasteiger partial charge is 0.241 e. The molecule has 2 unspecified atom stereocenters. The van der Waals surface area contributed by atoms with Crippen LogP contribution in [-0.2, 0) is 16.1 Å². The first-order chi connectivity index (χ1) is 10.1. The Morgan fingerprint density at radius 2 is 2.19 bits per heavy atom. The summed E-state index contributed by atoms with van der Waals surface area (Å²) in [5, 5.41) is 0. The third-order valence-electron chi connectivity index (χ3n) is 4.22. The molecule has 3 N–H and O–H groups in total. The van der Waals surface area contributed by atoms with Crippen LogP contribution in [0, 0.1) is 0 Å². The van der Waals surface area contributed by atoms with Gasteiger partial charge in [0, 0.05) is 20.2 Å². The number of carbonyl (C=O) groups excluding carboxylic acids is 1. The molecule has 1 aromatic carbocycles. The molecule has 1 aliphatic rings. The Bertz CT molecular complexity index is 461. The molecule has 0 saturated carbocycles. The van der Waals surface area contributed by atoms with Crippen molar-refractivity contribution in [3.63, 3.8) is 0 Å². The van der Waals surface area contributed by atoms with Gasteiger partial charge in [-0.15, -0.1) is 0 Å². The van der Waals surface area contributed by atoms with Gasteiger partial charge in [-0.05, 0) is 37.4 Å². The molecule has 1 saturated heterocycles. The van der Waals surface area contributed by atoms with Crippen molar-refractivity contribution in [1.82, 2.24) is 10.3 Å². The summed E-state index contributed by atoms with van der Waals surface area (Å²) >= 11 is 0. The van der Waals surface area contributed by atoms with E-state index in [9.17, 15) is 4.79 Å². The first kappa shape index (κ1) is 15.9. The number of likely N-dealkylation sites (tertiary alicyclic amines) is 1. The third-order valence-corrected chi connectivity index (χ3v) is 4.22. The van der Waals surface area contributed by atoms with E-state index in [-0.39, 0.29) is 11.8 Å². The SMILES string of the molecule is COC1CCCN(Cc2ccc(C(C)C(=O)NN)cc2)C1. The number of nitrogens with zero attached hydrogens (tertiary/aromatic N) is 1. The quantitative estimate of drug-likeness (QED) is 0.489. The lowest BCUT2D eigenvalue weighted by molar-refractivity contribution is -0.122. The highest BCUT2D eigenvalue weighted by atomic mass is 16.5. The van der Waals surface area contributed by atoms with Gasteiger partial charge in [0.1, 0.15) is 0 Å². The molecule has 0 spiro atoms. The van der Waals surface area contributed by atoms with E-state index in [4.69, 9.17) is 10.6 Å². The minimum Gasteiger partial charge on any atom is -0.380 e. The predicted molar refractivity (Wildman–Crippen MR) is 82.5 cm³/mol. The molecule has 0 aromatic heterocycles. The van der Waals surface area contributed by atoms with Crippen LogP contribution >= 0.6 is 0 Å². The summed E-state index contributed by atoms with van der Waals surface area (Å²) in [6, 6.07) is 8.19. The Kier molecular flexibility index (Phi) is 5.73. The fourth-order valence-corrected chi connectivity index (χ4v) is 2.80. The van der Waals surface area contributed by atoms with E-state index in [1.807, 2.05) is 19.1 Å². The maximum Gasteiger partial charge on any atom is 0.241 e. The molecule has 21 heavy (non-hydrogen) atoms. The fraction of sp³-hybridized carbons (Fsp3) is 0.562. The summed E-state index contributed by atoms with van der Waals surface area (Å²) in [5.41, 5.74) is 4.44. The van der Waals surface area contributed by atoms with Gasteiger partial charge in [0.05, 0.1) is 12.0 Å². The summed E-state index contributed by atoms with van der Waals surface area (Å²) in [7, 11) is 1.78. The van der Waals surface area contributed by atoms with Crippen molar-refractivity contribution in [3.05, 3.63) is 35.4 Å². The van der Waals surface area contributed by atoms with Crippen molar-refractivity contribution in [2.24, 2.45) is 5.84 Å². The standard InChI is InChI=1S/C16H25N3O2/c1-12(16(20)18-17)14-7-5-13(6-8-14)10-19-9-3-4-15(11-19)21-2/h5-8,12,15H,3-4,9-11,17H2,1-2H3,(H,18,20). The summed E-state index contributed by atoms with van der Waals surface area (Å²) in [5.74, 6) is 4.78. The molecule has 0 aliphatic carbocycles. The van der Waals surface area contributed by atoms with Crippen molar-refractivity contribution in [1.29, 1.82) is 0 Å². The van der Waals surface area contributed by atoms with Crippen LogP contribution in [0.2, 0.25) is 0 Å². The van der Waals surface area contributed by atoms with Crippen LogP contribution in [0.15, 0.2) is 24.3 Å². The van der Waals surface area contributed by atoms with Crippen LogP contribution in [0.1, 0.15) is 36.8 Å². The minimum absolute atomic E-state index is 0.165. The zero-order valence-electron chi connectivity index (χ0n) is 12.8. The van der Waals surface area contributed by atoms with Gasteiger partial charge in [-0.3, -0.25) is 15.1 Å². The van der Waals surface area contributed by atoms with Gasteiger partial charge in [0.15, 0.2) is 0 Å². The normalized spacial score (nSPS) is 21.0. The molecule has 2 atom stereocenters. The van der Waals surface area contributed by atoms with Crippen LogP contribution in [0.25, 0.3) is 0 Å². The second-order valence-electron chi connectivity index (χ2n) is 5.71. The summed E-state index contributed by atoms with van der Waals surface area (Å²) in [6.07, 6.45) is 2.69. The lowest BCUT2D eigenvalue weighted by atomic mass is 9.99. The van der Waals surface area contributed by atoms with E-state index in [2.05, 4.69) is 22.5 Å². The molecule has 1 amide bonds. The number of rotatable bonds is 5. The van der Waals surface area contributed by atoms with Crippen LogP contribution in [0.5, 0.6) is 0 Å². The van der Waals surface area contributed by atoms with Crippen molar-refractivity contribution in [2.45, 2.75) is 38.3 Å². The Hall–Kier alpha value is -1.43. The number of nitrogens with two attached hydrogens (primary N) is 1. The van der Waals surface area contributed by atoms with E-state index in [1.165, 1.54) is 12.0 Å². The van der Waals surface area contributed by atoms with Gasteiger partial charge >= 0.3 is 0 Å². The van der Waals surface area contributed by atoms with Crippen molar-refractivity contribution < 1.29 is 9.53 Å². The molecule has 2 rings (SSSR count). The number of carbonyl (C=O) groups is 1. The van der Waals surface area contributed by atoms with E-state index in [1.54, 1.807) is 7.11 Å². The first-order valence-corrected chi connectivity index (χ1v) is 7.48. The molecular weight excluding hydrogens is 266 g/mol. The average Bonchev–Trinajstić information content (AvgIpc) is 2.54. The summed E-state index contributed by atoms with van der Waals surface area (Å²) in [4.78, 5) is 13.9. The molecule has 0 radical (unpaired) electrons. The summed E-state index contributed by atoms with van der Waals surface area (Å²) in [6.45, 7) is 4.89. The number of methoxy groups -OCH3 is 1. The number of amides is 1. The number of hydrogen-bond donors (Lipinski definition) is 2. The zero-order chi connectivity index (χ0) is 15.2. The number of ether oxygens (including phenoxy) is 1. The first-order valence-electron chi connectivity index (χ1n) is 7.48. The maximum absolute atomic E-state index is 11.5. The predicted octanol–water partition coefficient (Wildman–Crippen LogP) is 1.39. The van der Waals surface area contributed by atoms with E-state index < -0.39 is 0 Å². The topological polar surface area (TPSA) is 67.6 Å². The molecule has 116 valence electrons. The van der Waals surface area contributed by atoms with Crippen molar-refractivity contribution >= 4 is 5.91 Å². The van der Waals surface area contributed by atoms with Crippen LogP contribution in [0.3, 0.4) is 0 Å². The highest BCUT2D eigenvalue weighted by Crippen LogP contribution is 2.19. The fourth-order valence-electron chi connectivity index (χ4n) is 2.80. The van der Waals surface area contributed by atoms with Gasteiger partial charge in [-0.1, -0.05) is 24.3 Å². The minimum atomic E-state index is -0.225. The Morgan fingerprint density at radius 3 is 2.81 bits per heavy atom. The van der Waals surface area contributed by atoms with Crippen molar-refractivity contribution in [3.8, 4) is 0 Å². The Balaban J connectivity index is 1.94. The van der Waals surface area contributed by atoms with E-state index in [0.29, 0.717) is 6.10 Å². The number of benzene rings is 1. The van der Waals surface area contributed by atoms with Crippen LogP contribution in [0.4, 0.5) is 0 Å². The summed E-state index contributed by atoms with van der Waals surface area (Å²) < 4.78 is 5.45. The van der Waals surface area contributed by atoms with Gasteiger partial charge in [-0.25, -0.2) is 5.84 Å². The van der Waals surface area contributed by atoms with Gasteiger partial charge in [0.2, 0.25) is 5.91 Å². The average molecular weight is 291 g/mol. The molecule has 1 aromatic rings. The monoisotopic (exact) mass is 291 g/mol. The van der Waals surface area contributed by atoms with Crippen LogP contribution in [-0.4, -0.2) is 37.1 Å². The number of piperidine rings is 1. The molecule has 5 heteroatoms. The third kappa shape index (κ3) is 4.27. The lowest BCUT2D eigenvalue weighted by Crippen LogP contribution is -2.38. The number of hydrogen-bond acceptors (Lipinski definition) is 4. The number of hydrazine groups is 1.